The maximum Gasteiger partial charge on any atom is 0.167 e. The Labute approximate surface area is 340 Å². The van der Waals surface area contributed by atoms with Crippen LogP contribution in [0.25, 0.3) is 111 Å². The molecule has 3 heterocycles. The average Bonchev–Trinajstić information content (AvgIpc) is 3.94. The van der Waals surface area contributed by atoms with E-state index in [9.17, 15) is 0 Å². The second kappa shape index (κ2) is 12.7. The molecule has 11 aromatic rings. The first-order valence-electron chi connectivity index (χ1n) is 20.0. The Balaban J connectivity index is 1.06. The molecule has 0 spiro atoms. The van der Waals surface area contributed by atoms with E-state index in [1.54, 1.807) is 0 Å². The van der Waals surface area contributed by atoms with Gasteiger partial charge in [0.1, 0.15) is 22.3 Å². The molecule has 278 valence electrons. The minimum atomic E-state index is -0.0943. The molecule has 3 aromatic heterocycles. The largest absolute Gasteiger partial charge is 0.456 e. The lowest BCUT2D eigenvalue weighted by molar-refractivity contribution is 0.660. The quantitative estimate of drug-likeness (QED) is 0.175. The topological polar surface area (TPSA) is 65.0 Å². The van der Waals surface area contributed by atoms with E-state index >= 15 is 0 Å². The van der Waals surface area contributed by atoms with Crippen LogP contribution >= 0.6 is 0 Å². The molecule has 8 aromatic carbocycles. The normalized spacial score (nSPS) is 13.1. The highest BCUT2D eigenvalue weighted by Gasteiger charge is 2.35. The monoisotopic (exact) mass is 757 g/mol. The second-order valence-corrected chi connectivity index (χ2v) is 16.0. The number of fused-ring (bicyclic) bond motifs is 9. The Hall–Kier alpha value is -7.63. The van der Waals surface area contributed by atoms with Crippen molar-refractivity contribution in [1.82, 2.24) is 15.0 Å². The van der Waals surface area contributed by atoms with Gasteiger partial charge in [0.15, 0.2) is 17.5 Å². The summed E-state index contributed by atoms with van der Waals surface area (Å²) in [6.07, 6.45) is 0. The number of hydrogen-bond acceptors (Lipinski definition) is 5. The van der Waals surface area contributed by atoms with E-state index in [4.69, 9.17) is 23.8 Å². The van der Waals surface area contributed by atoms with Gasteiger partial charge in [-0.2, -0.15) is 0 Å². The molecule has 0 saturated heterocycles. The fraction of sp³-hybridized carbons (Fsp3) is 0.0556. The molecule has 12 rings (SSSR count). The lowest BCUT2D eigenvalue weighted by atomic mass is 9.81. The molecule has 0 radical (unpaired) electrons. The molecule has 0 unspecified atom stereocenters. The van der Waals surface area contributed by atoms with Crippen LogP contribution in [0, 0.1) is 0 Å². The molecule has 0 atom stereocenters. The maximum atomic E-state index is 6.55. The smallest absolute Gasteiger partial charge is 0.167 e. The summed E-state index contributed by atoms with van der Waals surface area (Å²) in [4.78, 5) is 15.7. The Morgan fingerprint density at radius 3 is 1.86 bits per heavy atom. The van der Waals surface area contributed by atoms with Crippen molar-refractivity contribution in [2.75, 3.05) is 0 Å². The van der Waals surface area contributed by atoms with E-state index in [2.05, 4.69) is 141 Å². The van der Waals surface area contributed by atoms with Crippen LogP contribution in [0.15, 0.2) is 185 Å². The van der Waals surface area contributed by atoms with Gasteiger partial charge in [0.05, 0.1) is 5.56 Å². The minimum absolute atomic E-state index is 0.0943. The fourth-order valence-corrected chi connectivity index (χ4v) is 9.21. The summed E-state index contributed by atoms with van der Waals surface area (Å²) in [6, 6.07) is 61.4. The highest BCUT2D eigenvalue weighted by molar-refractivity contribution is 6.13. The lowest BCUT2D eigenvalue weighted by Gasteiger charge is -2.22. The third-order valence-corrected chi connectivity index (χ3v) is 12.2. The van der Waals surface area contributed by atoms with Crippen molar-refractivity contribution >= 4 is 43.9 Å². The summed E-state index contributed by atoms with van der Waals surface area (Å²) >= 11 is 0. The minimum Gasteiger partial charge on any atom is -0.456 e. The number of nitrogens with zero attached hydrogens (tertiary/aromatic N) is 3. The van der Waals surface area contributed by atoms with Crippen LogP contribution in [0.3, 0.4) is 0 Å². The van der Waals surface area contributed by atoms with Gasteiger partial charge in [-0.3, -0.25) is 0 Å². The summed E-state index contributed by atoms with van der Waals surface area (Å²) in [7, 11) is 0. The number of benzene rings is 8. The maximum absolute atomic E-state index is 6.55. The molecule has 0 bridgehead atoms. The van der Waals surface area contributed by atoms with Crippen LogP contribution in [0.4, 0.5) is 0 Å². The molecular weight excluding hydrogens is 723 g/mol. The third kappa shape index (κ3) is 5.21. The molecule has 5 nitrogen and oxygen atoms in total. The number of para-hydroxylation sites is 2. The van der Waals surface area contributed by atoms with Gasteiger partial charge in [0.25, 0.3) is 0 Å². The Morgan fingerprint density at radius 1 is 0.356 bits per heavy atom. The molecule has 5 heteroatoms. The number of aromatic nitrogens is 3. The third-order valence-electron chi connectivity index (χ3n) is 12.2. The van der Waals surface area contributed by atoms with Crippen LogP contribution in [0.2, 0.25) is 0 Å². The van der Waals surface area contributed by atoms with Gasteiger partial charge < -0.3 is 8.83 Å². The molecule has 0 aliphatic heterocycles. The average molecular weight is 758 g/mol. The van der Waals surface area contributed by atoms with Gasteiger partial charge in [0.2, 0.25) is 0 Å². The SMILES string of the molecule is CC1(C)c2ccccc2-c2ccc(-c3ccc4oc5cccc(-c6nc(-c7cccc(-c8ccccc8)c7)nc(-c7cccc8c7oc7ccccc78)n6)c5c4c3)cc21. The van der Waals surface area contributed by atoms with Gasteiger partial charge in [-0.25, -0.2) is 15.0 Å². The molecule has 0 fully saturated rings. The summed E-state index contributed by atoms with van der Waals surface area (Å²) < 4.78 is 13.1. The van der Waals surface area contributed by atoms with E-state index in [0.717, 1.165) is 77.3 Å². The molecule has 0 saturated carbocycles. The number of furan rings is 2. The molecule has 1 aliphatic carbocycles. The number of rotatable bonds is 5. The van der Waals surface area contributed by atoms with E-state index in [1.165, 1.54) is 27.8 Å². The van der Waals surface area contributed by atoms with Gasteiger partial charge in [0, 0.05) is 38.1 Å². The van der Waals surface area contributed by atoms with Crippen molar-refractivity contribution < 1.29 is 8.83 Å². The van der Waals surface area contributed by atoms with Gasteiger partial charge in [-0.1, -0.05) is 147 Å². The second-order valence-electron chi connectivity index (χ2n) is 16.0. The number of hydrogen-bond donors (Lipinski definition) is 0. The van der Waals surface area contributed by atoms with Gasteiger partial charge in [-0.15, -0.1) is 0 Å². The Bertz CT molecular complexity index is 3480. The first-order chi connectivity index (χ1) is 29.0. The molecular formula is C54H35N3O2. The zero-order chi connectivity index (χ0) is 39.2. The first kappa shape index (κ1) is 33.5. The van der Waals surface area contributed by atoms with Crippen molar-refractivity contribution in [3.63, 3.8) is 0 Å². The standard InChI is InChI=1S/C54H35N3O2/c1-54(2)44-22-8-6-17-37(44)38-27-25-35(31-45(38)54)34-26-28-47-43(30-34)49-41(20-12-24-48(49)58-47)52-55-51(36-16-10-15-33(29-36)32-13-4-3-5-14-32)56-53(57-52)42-21-11-19-40-39-18-7-9-23-46(39)59-50(40)42/h3-31H,1-2H3. The predicted molar refractivity (Wildman–Crippen MR) is 239 cm³/mol. The summed E-state index contributed by atoms with van der Waals surface area (Å²) in [5.41, 5.74) is 15.4. The van der Waals surface area contributed by atoms with Crippen LogP contribution < -0.4 is 0 Å². The zero-order valence-electron chi connectivity index (χ0n) is 32.4. The highest BCUT2D eigenvalue weighted by atomic mass is 16.3. The lowest BCUT2D eigenvalue weighted by Crippen LogP contribution is -2.14. The van der Waals surface area contributed by atoms with Gasteiger partial charge in [-0.05, 0) is 87.0 Å². The van der Waals surface area contributed by atoms with Crippen molar-refractivity contribution in [2.45, 2.75) is 19.3 Å². The van der Waals surface area contributed by atoms with Crippen LogP contribution in [-0.2, 0) is 5.41 Å². The summed E-state index contributed by atoms with van der Waals surface area (Å²) in [6.45, 7) is 4.65. The van der Waals surface area contributed by atoms with Gasteiger partial charge >= 0.3 is 0 Å². The summed E-state index contributed by atoms with van der Waals surface area (Å²) in [5.74, 6) is 1.66. The van der Waals surface area contributed by atoms with E-state index in [0.29, 0.717) is 17.5 Å². The Kier molecular flexibility index (Phi) is 7.20. The van der Waals surface area contributed by atoms with Crippen molar-refractivity contribution in [2.24, 2.45) is 0 Å². The molecule has 0 amide bonds. The molecule has 59 heavy (non-hydrogen) atoms. The van der Waals surface area contributed by atoms with Crippen molar-refractivity contribution in [1.29, 1.82) is 0 Å². The van der Waals surface area contributed by atoms with Crippen LogP contribution in [0.5, 0.6) is 0 Å². The van der Waals surface area contributed by atoms with E-state index < -0.39 is 0 Å². The van der Waals surface area contributed by atoms with Crippen LogP contribution in [-0.4, -0.2) is 15.0 Å². The molecule has 0 N–H and O–H groups in total. The fourth-order valence-electron chi connectivity index (χ4n) is 9.21. The first-order valence-corrected chi connectivity index (χ1v) is 20.0. The zero-order valence-corrected chi connectivity index (χ0v) is 32.4. The predicted octanol–water partition coefficient (Wildman–Crippen LogP) is 14.3. The Morgan fingerprint density at radius 2 is 0.949 bits per heavy atom. The van der Waals surface area contributed by atoms with Crippen LogP contribution in [0.1, 0.15) is 25.0 Å². The summed E-state index contributed by atoms with van der Waals surface area (Å²) in [5, 5.41) is 4.03. The van der Waals surface area contributed by atoms with Crippen molar-refractivity contribution in [3.8, 4) is 67.5 Å². The molecule has 1 aliphatic rings. The van der Waals surface area contributed by atoms with E-state index in [-0.39, 0.29) is 5.41 Å². The van der Waals surface area contributed by atoms with Crippen molar-refractivity contribution in [3.05, 3.63) is 187 Å². The van der Waals surface area contributed by atoms with E-state index in [1.807, 2.05) is 48.5 Å². The highest BCUT2D eigenvalue weighted by Crippen LogP contribution is 2.50.